The quantitative estimate of drug-likeness (QED) is 0.875. The molecule has 2 aromatic rings. The predicted molar refractivity (Wildman–Crippen MR) is 71.6 cm³/mol. The van der Waals surface area contributed by atoms with Crippen molar-refractivity contribution in [3.8, 4) is 0 Å². The van der Waals surface area contributed by atoms with Gasteiger partial charge < -0.3 is 15.6 Å². The third kappa shape index (κ3) is 2.42. The fourth-order valence-electron chi connectivity index (χ4n) is 2.16. The highest BCUT2D eigenvalue weighted by Gasteiger charge is 2.38. The van der Waals surface area contributed by atoms with Gasteiger partial charge in [-0.15, -0.1) is 0 Å². The number of carbonyl (C=O) groups is 1. The van der Waals surface area contributed by atoms with Gasteiger partial charge in [-0.05, 0) is 31.4 Å². The third-order valence-electron chi connectivity index (χ3n) is 3.60. The summed E-state index contributed by atoms with van der Waals surface area (Å²) >= 11 is 0. The smallest absolute Gasteiger partial charge is 0.251 e. The van der Waals surface area contributed by atoms with Crippen molar-refractivity contribution in [3.05, 3.63) is 47.6 Å². The second-order valence-corrected chi connectivity index (χ2v) is 5.07. The summed E-state index contributed by atoms with van der Waals surface area (Å²) in [5.41, 5.74) is 6.27. The molecule has 20 heavy (non-hydrogen) atoms. The van der Waals surface area contributed by atoms with Crippen molar-refractivity contribution in [1.82, 2.24) is 15.5 Å². The fourth-order valence-corrected chi connectivity index (χ4v) is 2.16. The summed E-state index contributed by atoms with van der Waals surface area (Å²) in [6.45, 7) is 0.205. The molecular formula is C14H16N4O2. The SMILES string of the molecule is NC1(c2noc(CNC(=O)c3ccccc3)n2)CCC1. The Hall–Kier alpha value is -2.21. The number of aromatic nitrogens is 2. The van der Waals surface area contributed by atoms with E-state index >= 15 is 0 Å². The van der Waals surface area contributed by atoms with Gasteiger partial charge in [-0.3, -0.25) is 4.79 Å². The third-order valence-corrected chi connectivity index (χ3v) is 3.60. The van der Waals surface area contributed by atoms with Gasteiger partial charge in [0, 0.05) is 5.56 Å². The second kappa shape index (κ2) is 5.05. The van der Waals surface area contributed by atoms with Gasteiger partial charge in [0.15, 0.2) is 5.82 Å². The van der Waals surface area contributed by atoms with Crippen LogP contribution in [-0.4, -0.2) is 16.0 Å². The fraction of sp³-hybridized carbons (Fsp3) is 0.357. The Kier molecular flexibility index (Phi) is 3.23. The maximum atomic E-state index is 11.9. The zero-order valence-electron chi connectivity index (χ0n) is 11.0. The molecule has 1 aliphatic rings. The van der Waals surface area contributed by atoms with Gasteiger partial charge in [-0.1, -0.05) is 23.4 Å². The number of hydrogen-bond acceptors (Lipinski definition) is 5. The lowest BCUT2D eigenvalue weighted by Gasteiger charge is -2.34. The van der Waals surface area contributed by atoms with E-state index in [1.54, 1.807) is 12.1 Å². The molecule has 1 aromatic heterocycles. The van der Waals surface area contributed by atoms with E-state index in [-0.39, 0.29) is 12.5 Å². The molecule has 1 amide bonds. The highest BCUT2D eigenvalue weighted by atomic mass is 16.5. The molecule has 1 fully saturated rings. The lowest BCUT2D eigenvalue weighted by molar-refractivity contribution is 0.0946. The van der Waals surface area contributed by atoms with Crippen LogP contribution in [0.2, 0.25) is 0 Å². The van der Waals surface area contributed by atoms with Gasteiger partial charge in [0.05, 0.1) is 12.1 Å². The van der Waals surface area contributed by atoms with Gasteiger partial charge in [0.25, 0.3) is 5.91 Å². The van der Waals surface area contributed by atoms with E-state index in [4.69, 9.17) is 10.3 Å². The van der Waals surface area contributed by atoms with Crippen molar-refractivity contribution in [3.63, 3.8) is 0 Å². The Morgan fingerprint density at radius 3 is 2.75 bits per heavy atom. The van der Waals surface area contributed by atoms with E-state index in [0.717, 1.165) is 19.3 Å². The van der Waals surface area contributed by atoms with Crippen LogP contribution in [0.4, 0.5) is 0 Å². The molecular weight excluding hydrogens is 256 g/mol. The number of hydrogen-bond donors (Lipinski definition) is 2. The van der Waals surface area contributed by atoms with Crippen LogP contribution in [0.15, 0.2) is 34.9 Å². The summed E-state index contributed by atoms with van der Waals surface area (Å²) < 4.78 is 5.12. The molecule has 3 N–H and O–H groups in total. The minimum atomic E-state index is -0.439. The zero-order chi connectivity index (χ0) is 14.0. The van der Waals surface area contributed by atoms with E-state index in [2.05, 4.69) is 15.5 Å². The maximum absolute atomic E-state index is 11.9. The Labute approximate surface area is 116 Å². The summed E-state index contributed by atoms with van der Waals surface area (Å²) in [5.74, 6) is 0.741. The molecule has 1 aromatic carbocycles. The van der Waals surface area contributed by atoms with Crippen molar-refractivity contribution < 1.29 is 9.32 Å². The Morgan fingerprint density at radius 1 is 1.35 bits per heavy atom. The Morgan fingerprint density at radius 2 is 2.10 bits per heavy atom. The van der Waals surface area contributed by atoms with Crippen LogP contribution < -0.4 is 11.1 Å². The van der Waals surface area contributed by atoms with Crippen LogP contribution in [0, 0.1) is 0 Å². The first-order valence-electron chi connectivity index (χ1n) is 6.63. The van der Waals surface area contributed by atoms with Gasteiger partial charge in [-0.2, -0.15) is 4.98 Å². The van der Waals surface area contributed by atoms with Crippen LogP contribution in [0.25, 0.3) is 0 Å². The molecule has 0 radical (unpaired) electrons. The van der Waals surface area contributed by atoms with Crippen LogP contribution in [-0.2, 0) is 12.1 Å². The summed E-state index contributed by atoms with van der Waals surface area (Å²) in [7, 11) is 0. The molecule has 6 heteroatoms. The molecule has 0 bridgehead atoms. The largest absolute Gasteiger partial charge is 0.343 e. The molecule has 1 saturated carbocycles. The summed E-state index contributed by atoms with van der Waals surface area (Å²) in [6.07, 6.45) is 2.84. The van der Waals surface area contributed by atoms with Crippen LogP contribution >= 0.6 is 0 Å². The van der Waals surface area contributed by atoms with Crippen molar-refractivity contribution in [2.75, 3.05) is 0 Å². The molecule has 1 heterocycles. The predicted octanol–water partition coefficient (Wildman–Crippen LogP) is 1.34. The highest BCUT2D eigenvalue weighted by Crippen LogP contribution is 2.36. The Balaban J connectivity index is 1.60. The minimum Gasteiger partial charge on any atom is -0.343 e. The molecule has 0 atom stereocenters. The average molecular weight is 272 g/mol. The molecule has 0 aliphatic heterocycles. The molecule has 3 rings (SSSR count). The lowest BCUT2D eigenvalue weighted by atomic mass is 9.77. The molecule has 0 spiro atoms. The van der Waals surface area contributed by atoms with Gasteiger partial charge in [0.1, 0.15) is 0 Å². The number of nitrogens with one attached hydrogen (secondary N) is 1. The van der Waals surface area contributed by atoms with E-state index < -0.39 is 5.54 Å². The summed E-state index contributed by atoms with van der Waals surface area (Å²) in [5, 5.41) is 6.64. The Bertz CT molecular complexity index is 605. The van der Waals surface area contributed by atoms with Crippen molar-refractivity contribution in [2.45, 2.75) is 31.3 Å². The first-order chi connectivity index (χ1) is 9.67. The monoisotopic (exact) mass is 272 g/mol. The van der Waals surface area contributed by atoms with Gasteiger partial charge in [0.2, 0.25) is 5.89 Å². The number of carbonyl (C=O) groups excluding carboxylic acids is 1. The molecule has 1 aliphatic carbocycles. The number of rotatable bonds is 4. The van der Waals surface area contributed by atoms with Crippen LogP contribution in [0.5, 0.6) is 0 Å². The van der Waals surface area contributed by atoms with Crippen molar-refractivity contribution in [2.24, 2.45) is 5.73 Å². The van der Waals surface area contributed by atoms with Gasteiger partial charge >= 0.3 is 0 Å². The van der Waals surface area contributed by atoms with E-state index in [9.17, 15) is 4.79 Å². The van der Waals surface area contributed by atoms with Crippen LogP contribution in [0.3, 0.4) is 0 Å². The number of amides is 1. The number of nitrogens with two attached hydrogens (primary N) is 1. The molecule has 104 valence electrons. The summed E-state index contributed by atoms with van der Waals surface area (Å²) in [4.78, 5) is 16.1. The topological polar surface area (TPSA) is 94.0 Å². The second-order valence-electron chi connectivity index (χ2n) is 5.07. The van der Waals surface area contributed by atoms with E-state index in [1.165, 1.54) is 0 Å². The molecule has 0 saturated heterocycles. The maximum Gasteiger partial charge on any atom is 0.251 e. The lowest BCUT2D eigenvalue weighted by Crippen LogP contribution is -2.44. The van der Waals surface area contributed by atoms with E-state index in [0.29, 0.717) is 17.3 Å². The molecule has 6 nitrogen and oxygen atoms in total. The minimum absolute atomic E-state index is 0.170. The van der Waals surface area contributed by atoms with Crippen molar-refractivity contribution in [1.29, 1.82) is 0 Å². The van der Waals surface area contributed by atoms with E-state index in [1.807, 2.05) is 18.2 Å². The number of nitrogens with zero attached hydrogens (tertiary/aromatic N) is 2. The summed E-state index contributed by atoms with van der Waals surface area (Å²) in [6, 6.07) is 8.99. The van der Waals surface area contributed by atoms with Crippen LogP contribution in [0.1, 0.15) is 41.3 Å². The average Bonchev–Trinajstić information content (AvgIpc) is 2.92. The first kappa shape index (κ1) is 12.8. The van der Waals surface area contributed by atoms with Crippen molar-refractivity contribution >= 4 is 5.91 Å². The highest BCUT2D eigenvalue weighted by molar-refractivity contribution is 5.93. The standard InChI is InChI=1S/C14H16N4O2/c15-14(7-4-8-14)13-17-11(20-18-13)9-16-12(19)10-5-2-1-3-6-10/h1-3,5-6H,4,7-9,15H2,(H,16,19). The normalized spacial score (nSPS) is 16.4. The van der Waals surface area contributed by atoms with Gasteiger partial charge in [-0.25, -0.2) is 0 Å². The number of benzene rings is 1. The first-order valence-corrected chi connectivity index (χ1v) is 6.63. The zero-order valence-corrected chi connectivity index (χ0v) is 11.0. The molecule has 0 unspecified atom stereocenters.